The number of thiazole rings is 1. The van der Waals surface area contributed by atoms with E-state index in [9.17, 15) is 0 Å². The molecule has 0 amide bonds. The molecule has 0 saturated carbocycles. The average Bonchev–Trinajstić information content (AvgIpc) is 2.69. The highest BCUT2D eigenvalue weighted by atomic mass is 32.1. The molecule has 1 heterocycles. The van der Waals surface area contributed by atoms with Crippen LogP contribution in [0.1, 0.15) is 17.5 Å². The number of ether oxygens (including phenoxy) is 1. The number of nitrogens with zero attached hydrogens (tertiary/aromatic N) is 2. The second-order valence-corrected chi connectivity index (χ2v) is 4.55. The molecule has 1 aromatic rings. The van der Waals surface area contributed by atoms with Gasteiger partial charge in [0.1, 0.15) is 5.84 Å². The minimum absolute atomic E-state index is 0.0624. The lowest BCUT2D eigenvalue weighted by molar-refractivity contribution is 0.123. The van der Waals surface area contributed by atoms with Crippen molar-refractivity contribution >= 4 is 17.2 Å². The molecular formula is C10H17N3O2S. The topological polar surface area (TPSA) is 80.7 Å². The summed E-state index contributed by atoms with van der Waals surface area (Å²) in [6, 6.07) is 0. The summed E-state index contributed by atoms with van der Waals surface area (Å²) < 4.78 is 5.45. The molecule has 16 heavy (non-hydrogen) atoms. The van der Waals surface area contributed by atoms with E-state index in [2.05, 4.69) is 10.1 Å². The van der Waals surface area contributed by atoms with E-state index in [0.29, 0.717) is 13.2 Å². The molecule has 0 aromatic carbocycles. The van der Waals surface area contributed by atoms with Gasteiger partial charge in [-0.25, -0.2) is 4.98 Å². The predicted molar refractivity (Wildman–Crippen MR) is 63.9 cm³/mol. The van der Waals surface area contributed by atoms with Gasteiger partial charge in [-0.05, 0) is 6.92 Å². The van der Waals surface area contributed by atoms with Gasteiger partial charge in [0, 0.05) is 17.2 Å². The summed E-state index contributed by atoms with van der Waals surface area (Å²) in [6.07, 6.45) is 0.861. The molecule has 0 aliphatic heterocycles. The summed E-state index contributed by atoms with van der Waals surface area (Å²) in [5, 5.41) is 11.4. The molecule has 1 atom stereocenters. The minimum atomic E-state index is -0.0624. The fourth-order valence-electron chi connectivity index (χ4n) is 1.18. The molecule has 1 unspecified atom stereocenters. The van der Waals surface area contributed by atoms with Gasteiger partial charge in [-0.15, -0.1) is 11.3 Å². The molecular weight excluding hydrogens is 226 g/mol. The van der Waals surface area contributed by atoms with Gasteiger partial charge in [-0.2, -0.15) is 0 Å². The lowest BCUT2D eigenvalue weighted by Crippen LogP contribution is -2.25. The van der Waals surface area contributed by atoms with Crippen molar-refractivity contribution in [3.05, 3.63) is 16.1 Å². The van der Waals surface area contributed by atoms with Crippen LogP contribution in [0.2, 0.25) is 0 Å². The summed E-state index contributed by atoms with van der Waals surface area (Å²) in [4.78, 5) is 5.41. The van der Waals surface area contributed by atoms with Crippen molar-refractivity contribution in [3.8, 4) is 0 Å². The second-order valence-electron chi connectivity index (χ2n) is 3.61. The number of hydrogen-bond donors (Lipinski definition) is 2. The zero-order chi connectivity index (χ0) is 12.0. The molecule has 6 heteroatoms. The van der Waals surface area contributed by atoms with Crippen LogP contribution >= 0.6 is 11.3 Å². The van der Waals surface area contributed by atoms with E-state index in [1.54, 1.807) is 11.3 Å². The van der Waals surface area contributed by atoms with Crippen molar-refractivity contribution in [2.24, 2.45) is 16.8 Å². The average molecular weight is 243 g/mol. The van der Waals surface area contributed by atoms with Gasteiger partial charge in [-0.1, -0.05) is 12.1 Å². The molecule has 0 bridgehead atoms. The van der Waals surface area contributed by atoms with E-state index >= 15 is 0 Å². The summed E-state index contributed by atoms with van der Waals surface area (Å²) in [5.41, 5.74) is 8.33. The highest BCUT2D eigenvalue weighted by Gasteiger charge is 2.08. The first kappa shape index (κ1) is 12.9. The largest absolute Gasteiger partial charge is 0.409 e. The Morgan fingerprint density at radius 1 is 1.75 bits per heavy atom. The first-order valence-electron chi connectivity index (χ1n) is 5.09. The maximum atomic E-state index is 8.45. The number of hydrogen-bond acceptors (Lipinski definition) is 5. The first-order chi connectivity index (χ1) is 7.65. The van der Waals surface area contributed by atoms with E-state index in [0.717, 1.165) is 12.1 Å². The quantitative estimate of drug-likeness (QED) is 0.260. The van der Waals surface area contributed by atoms with Gasteiger partial charge in [0.2, 0.25) is 0 Å². The smallest absolute Gasteiger partial charge is 0.144 e. The van der Waals surface area contributed by atoms with Crippen LogP contribution in [0, 0.1) is 12.8 Å². The Kier molecular flexibility index (Phi) is 5.21. The van der Waals surface area contributed by atoms with Gasteiger partial charge >= 0.3 is 0 Å². The summed E-state index contributed by atoms with van der Waals surface area (Å²) in [7, 11) is 0. The van der Waals surface area contributed by atoms with Crippen molar-refractivity contribution in [1.29, 1.82) is 0 Å². The van der Waals surface area contributed by atoms with Gasteiger partial charge in [0.25, 0.3) is 0 Å². The Hall–Kier alpha value is -1.14. The molecule has 5 nitrogen and oxygen atoms in total. The van der Waals surface area contributed by atoms with Crippen LogP contribution in [-0.2, 0) is 11.2 Å². The predicted octanol–water partition coefficient (Wildman–Crippen LogP) is 1.39. The Bertz CT molecular complexity index is 352. The molecule has 1 rings (SSSR count). The van der Waals surface area contributed by atoms with Gasteiger partial charge < -0.3 is 15.7 Å². The molecule has 0 aliphatic carbocycles. The number of rotatable bonds is 6. The second kappa shape index (κ2) is 6.44. The minimum Gasteiger partial charge on any atom is -0.409 e. The number of aromatic nitrogens is 1. The van der Waals surface area contributed by atoms with Crippen LogP contribution in [0.25, 0.3) is 0 Å². The maximum Gasteiger partial charge on any atom is 0.144 e. The molecule has 0 fully saturated rings. The molecule has 0 saturated heterocycles. The van der Waals surface area contributed by atoms with Crippen LogP contribution in [-0.4, -0.2) is 29.2 Å². The van der Waals surface area contributed by atoms with E-state index < -0.39 is 0 Å². The Morgan fingerprint density at radius 2 is 2.50 bits per heavy atom. The lowest BCUT2D eigenvalue weighted by atomic mass is 10.2. The molecule has 0 spiro atoms. The lowest BCUT2D eigenvalue weighted by Gasteiger charge is -2.09. The Labute approximate surface area is 98.9 Å². The fraction of sp³-hybridized carbons (Fsp3) is 0.600. The van der Waals surface area contributed by atoms with Crippen molar-refractivity contribution in [1.82, 2.24) is 4.98 Å². The van der Waals surface area contributed by atoms with E-state index in [1.807, 2.05) is 19.4 Å². The van der Waals surface area contributed by atoms with Crippen LogP contribution in [0.15, 0.2) is 10.7 Å². The number of oxime groups is 1. The highest BCUT2D eigenvalue weighted by molar-refractivity contribution is 7.09. The third-order valence-corrected chi connectivity index (χ3v) is 3.30. The zero-order valence-corrected chi connectivity index (χ0v) is 10.3. The van der Waals surface area contributed by atoms with E-state index in [-0.39, 0.29) is 11.8 Å². The zero-order valence-electron chi connectivity index (χ0n) is 9.51. The van der Waals surface area contributed by atoms with Crippen molar-refractivity contribution in [3.63, 3.8) is 0 Å². The van der Waals surface area contributed by atoms with Crippen molar-refractivity contribution < 1.29 is 9.94 Å². The third-order valence-electron chi connectivity index (χ3n) is 2.31. The van der Waals surface area contributed by atoms with Crippen LogP contribution in [0.4, 0.5) is 0 Å². The SMILES string of the molecule is Cc1ncsc1CCOCC(C)/C(N)=N/O. The summed E-state index contributed by atoms with van der Waals surface area (Å²) >= 11 is 1.64. The van der Waals surface area contributed by atoms with Crippen molar-refractivity contribution in [2.75, 3.05) is 13.2 Å². The van der Waals surface area contributed by atoms with Crippen LogP contribution in [0.3, 0.4) is 0 Å². The Balaban J connectivity index is 2.20. The van der Waals surface area contributed by atoms with Gasteiger partial charge in [0.05, 0.1) is 24.4 Å². The normalized spacial score (nSPS) is 14.0. The highest BCUT2D eigenvalue weighted by Crippen LogP contribution is 2.12. The van der Waals surface area contributed by atoms with Crippen LogP contribution < -0.4 is 5.73 Å². The molecule has 0 radical (unpaired) electrons. The van der Waals surface area contributed by atoms with E-state index in [1.165, 1.54) is 4.88 Å². The Morgan fingerprint density at radius 3 is 3.06 bits per heavy atom. The number of nitrogens with two attached hydrogens (primary N) is 1. The molecule has 1 aromatic heterocycles. The molecule has 3 N–H and O–H groups in total. The van der Waals surface area contributed by atoms with Crippen LogP contribution in [0.5, 0.6) is 0 Å². The van der Waals surface area contributed by atoms with Gasteiger partial charge in [0.15, 0.2) is 0 Å². The standard InChI is InChI=1S/C10H17N3O2S/c1-7(10(11)13-14)5-15-4-3-9-8(2)12-6-16-9/h6-7,14H,3-5H2,1-2H3,(H2,11,13). The fourth-order valence-corrected chi connectivity index (χ4v) is 1.94. The molecule has 0 aliphatic rings. The van der Waals surface area contributed by atoms with Gasteiger partial charge in [-0.3, -0.25) is 0 Å². The first-order valence-corrected chi connectivity index (χ1v) is 5.97. The van der Waals surface area contributed by atoms with E-state index in [4.69, 9.17) is 15.7 Å². The maximum absolute atomic E-state index is 8.45. The molecule has 90 valence electrons. The summed E-state index contributed by atoms with van der Waals surface area (Å²) in [6.45, 7) is 4.94. The number of amidine groups is 1. The third kappa shape index (κ3) is 3.79. The van der Waals surface area contributed by atoms with Crippen molar-refractivity contribution in [2.45, 2.75) is 20.3 Å². The summed E-state index contributed by atoms with van der Waals surface area (Å²) in [5.74, 6) is 0.140. The number of aryl methyl sites for hydroxylation is 1. The monoisotopic (exact) mass is 243 g/mol.